The fourth-order valence-corrected chi connectivity index (χ4v) is 2.66. The van der Waals surface area contributed by atoms with Gasteiger partial charge in [-0.2, -0.15) is 0 Å². The van der Waals surface area contributed by atoms with E-state index in [1.807, 2.05) is 31.2 Å². The van der Waals surface area contributed by atoms with Gasteiger partial charge in [-0.25, -0.2) is 4.79 Å². The highest BCUT2D eigenvalue weighted by atomic mass is 16.5. The van der Waals surface area contributed by atoms with Crippen LogP contribution in [0.25, 0.3) is 0 Å². The highest BCUT2D eigenvalue weighted by Crippen LogP contribution is 2.21. The second-order valence-corrected chi connectivity index (χ2v) is 6.05. The van der Waals surface area contributed by atoms with Crippen LogP contribution in [0.15, 0.2) is 48.5 Å². The van der Waals surface area contributed by atoms with Crippen molar-refractivity contribution < 1.29 is 19.1 Å². The first-order valence-corrected chi connectivity index (χ1v) is 8.79. The normalized spacial score (nSPS) is 10.2. The maximum Gasteiger partial charge on any atom is 0.340 e. The number of carbonyl (C=O) groups is 3. The zero-order chi connectivity index (χ0) is 19.8. The first-order valence-electron chi connectivity index (χ1n) is 8.79. The van der Waals surface area contributed by atoms with Crippen LogP contribution in [0, 0.1) is 6.92 Å². The lowest BCUT2D eigenvalue weighted by molar-refractivity contribution is -0.123. The van der Waals surface area contributed by atoms with Gasteiger partial charge in [0, 0.05) is 13.5 Å². The molecule has 0 unspecified atom stereocenters. The minimum Gasteiger partial charge on any atom is -0.462 e. The highest BCUT2D eigenvalue weighted by Gasteiger charge is 2.22. The SMILES string of the molecule is CCOC(=O)c1ccccc1N(CC(=O)NCc1ccccc1C)C(C)=O. The number of nitrogens with zero attached hydrogens (tertiary/aromatic N) is 1. The van der Waals surface area contributed by atoms with Crippen molar-refractivity contribution >= 4 is 23.5 Å². The van der Waals surface area contributed by atoms with E-state index in [-0.39, 0.29) is 30.5 Å². The molecule has 2 aromatic carbocycles. The summed E-state index contributed by atoms with van der Waals surface area (Å²) in [6.07, 6.45) is 0. The predicted molar refractivity (Wildman–Crippen MR) is 103 cm³/mol. The van der Waals surface area contributed by atoms with Crippen molar-refractivity contribution in [3.63, 3.8) is 0 Å². The number of rotatable bonds is 7. The summed E-state index contributed by atoms with van der Waals surface area (Å²) >= 11 is 0. The van der Waals surface area contributed by atoms with E-state index in [1.54, 1.807) is 31.2 Å². The molecule has 0 saturated heterocycles. The molecule has 0 atom stereocenters. The maximum absolute atomic E-state index is 12.4. The Balaban J connectivity index is 2.14. The molecule has 27 heavy (non-hydrogen) atoms. The van der Waals surface area contributed by atoms with Gasteiger partial charge in [0.05, 0.1) is 17.9 Å². The van der Waals surface area contributed by atoms with Crippen LogP contribution in [0.2, 0.25) is 0 Å². The van der Waals surface area contributed by atoms with Gasteiger partial charge in [-0.1, -0.05) is 36.4 Å². The molecule has 0 aromatic heterocycles. The van der Waals surface area contributed by atoms with Gasteiger partial charge in [-0.3, -0.25) is 9.59 Å². The number of carbonyl (C=O) groups excluding carboxylic acids is 3. The van der Waals surface area contributed by atoms with E-state index >= 15 is 0 Å². The zero-order valence-electron chi connectivity index (χ0n) is 15.8. The van der Waals surface area contributed by atoms with Gasteiger partial charge in [0.25, 0.3) is 0 Å². The van der Waals surface area contributed by atoms with E-state index in [9.17, 15) is 14.4 Å². The molecule has 2 aromatic rings. The molecule has 0 aliphatic carbocycles. The van der Waals surface area contributed by atoms with Crippen LogP contribution in [0.5, 0.6) is 0 Å². The van der Waals surface area contributed by atoms with E-state index in [0.29, 0.717) is 12.2 Å². The molecule has 0 saturated carbocycles. The van der Waals surface area contributed by atoms with E-state index < -0.39 is 5.97 Å². The zero-order valence-corrected chi connectivity index (χ0v) is 15.8. The quantitative estimate of drug-likeness (QED) is 0.763. The number of anilines is 1. The monoisotopic (exact) mass is 368 g/mol. The fourth-order valence-electron chi connectivity index (χ4n) is 2.66. The summed E-state index contributed by atoms with van der Waals surface area (Å²) < 4.78 is 5.04. The van der Waals surface area contributed by atoms with Crippen molar-refractivity contribution in [3.05, 3.63) is 65.2 Å². The topological polar surface area (TPSA) is 75.7 Å². The molecule has 2 amide bonds. The summed E-state index contributed by atoms with van der Waals surface area (Å²) in [7, 11) is 0. The van der Waals surface area contributed by atoms with Crippen molar-refractivity contribution in [1.29, 1.82) is 0 Å². The lowest BCUT2D eigenvalue weighted by atomic mass is 10.1. The third-order valence-electron chi connectivity index (χ3n) is 4.11. The van der Waals surface area contributed by atoms with Crippen molar-refractivity contribution in [2.75, 3.05) is 18.1 Å². The second kappa shape index (κ2) is 9.52. The molecule has 0 fully saturated rings. The Hall–Kier alpha value is -3.15. The minimum atomic E-state index is -0.528. The lowest BCUT2D eigenvalue weighted by Gasteiger charge is -2.23. The highest BCUT2D eigenvalue weighted by molar-refractivity contribution is 6.04. The largest absolute Gasteiger partial charge is 0.462 e. The molecule has 6 heteroatoms. The summed E-state index contributed by atoms with van der Waals surface area (Å²) in [5.41, 5.74) is 2.69. The number of aryl methyl sites for hydroxylation is 1. The van der Waals surface area contributed by atoms with Gasteiger partial charge in [-0.05, 0) is 37.1 Å². The average molecular weight is 368 g/mol. The number of para-hydroxylation sites is 1. The van der Waals surface area contributed by atoms with Gasteiger partial charge in [0.15, 0.2) is 0 Å². The van der Waals surface area contributed by atoms with Gasteiger partial charge in [0.1, 0.15) is 6.54 Å². The Bertz CT molecular complexity index is 832. The first-order chi connectivity index (χ1) is 12.9. The van der Waals surface area contributed by atoms with Crippen LogP contribution >= 0.6 is 0 Å². The second-order valence-electron chi connectivity index (χ2n) is 6.05. The van der Waals surface area contributed by atoms with Gasteiger partial charge in [-0.15, -0.1) is 0 Å². The number of ether oxygens (including phenoxy) is 1. The van der Waals surface area contributed by atoms with Gasteiger partial charge >= 0.3 is 5.97 Å². The predicted octanol–water partition coefficient (Wildman–Crippen LogP) is 2.84. The van der Waals surface area contributed by atoms with Crippen molar-refractivity contribution in [3.8, 4) is 0 Å². The summed E-state index contributed by atoms with van der Waals surface area (Å²) in [5.74, 6) is -1.18. The number of hydrogen-bond acceptors (Lipinski definition) is 4. The van der Waals surface area contributed by atoms with Crippen LogP contribution in [0.4, 0.5) is 5.69 Å². The van der Waals surface area contributed by atoms with Crippen molar-refractivity contribution in [2.24, 2.45) is 0 Å². The number of hydrogen-bond donors (Lipinski definition) is 1. The van der Waals surface area contributed by atoms with Crippen molar-refractivity contribution in [2.45, 2.75) is 27.3 Å². The molecular weight excluding hydrogens is 344 g/mol. The minimum absolute atomic E-state index is 0.183. The molecule has 0 radical (unpaired) electrons. The average Bonchev–Trinajstić information content (AvgIpc) is 2.65. The Morgan fingerprint density at radius 1 is 1.04 bits per heavy atom. The molecule has 2 rings (SSSR count). The van der Waals surface area contributed by atoms with E-state index in [1.165, 1.54) is 11.8 Å². The molecule has 0 aliphatic rings. The molecular formula is C21H24N2O4. The molecule has 0 aliphatic heterocycles. The molecule has 0 spiro atoms. The summed E-state index contributed by atoms with van der Waals surface area (Å²) in [6, 6.07) is 14.4. The van der Waals surface area contributed by atoms with Crippen LogP contribution in [-0.2, 0) is 20.9 Å². The third kappa shape index (κ3) is 5.41. The summed E-state index contributed by atoms with van der Waals surface area (Å²) in [5, 5.41) is 2.82. The first kappa shape index (κ1) is 20.2. The van der Waals surface area contributed by atoms with E-state index in [4.69, 9.17) is 4.74 Å². The number of benzene rings is 2. The molecule has 0 heterocycles. The fraction of sp³-hybridized carbons (Fsp3) is 0.286. The number of esters is 1. The smallest absolute Gasteiger partial charge is 0.340 e. The maximum atomic E-state index is 12.4. The van der Waals surface area contributed by atoms with Gasteiger partial charge < -0.3 is 15.0 Å². The van der Waals surface area contributed by atoms with Crippen LogP contribution < -0.4 is 10.2 Å². The van der Waals surface area contributed by atoms with Crippen LogP contribution in [0.1, 0.15) is 35.3 Å². The molecule has 142 valence electrons. The molecule has 6 nitrogen and oxygen atoms in total. The number of nitrogens with one attached hydrogen (secondary N) is 1. The molecule has 0 bridgehead atoms. The summed E-state index contributed by atoms with van der Waals surface area (Å²) in [4.78, 5) is 38.0. The standard InChI is InChI=1S/C21H24N2O4/c1-4-27-21(26)18-11-7-8-12-19(18)23(16(3)24)14-20(25)22-13-17-10-6-5-9-15(17)2/h5-12H,4,13-14H2,1-3H3,(H,22,25). The van der Waals surface area contributed by atoms with E-state index in [0.717, 1.165) is 11.1 Å². The van der Waals surface area contributed by atoms with Gasteiger partial charge in [0.2, 0.25) is 11.8 Å². The third-order valence-corrected chi connectivity index (χ3v) is 4.11. The lowest BCUT2D eigenvalue weighted by Crippen LogP contribution is -2.40. The Morgan fingerprint density at radius 2 is 1.70 bits per heavy atom. The number of amides is 2. The Morgan fingerprint density at radius 3 is 2.37 bits per heavy atom. The van der Waals surface area contributed by atoms with Crippen molar-refractivity contribution in [1.82, 2.24) is 5.32 Å². The Labute approximate surface area is 159 Å². The van der Waals surface area contributed by atoms with E-state index in [2.05, 4.69) is 5.32 Å². The summed E-state index contributed by atoms with van der Waals surface area (Å²) in [6.45, 7) is 5.45. The molecule has 1 N–H and O–H groups in total. The van der Waals surface area contributed by atoms with Crippen LogP contribution in [0.3, 0.4) is 0 Å². The van der Waals surface area contributed by atoms with Crippen LogP contribution in [-0.4, -0.2) is 30.9 Å². The Kier molecular flexibility index (Phi) is 7.11.